The highest BCUT2D eigenvalue weighted by atomic mass is 19.1. The molecule has 6 heteroatoms. The molecule has 0 aliphatic heterocycles. The van der Waals surface area contributed by atoms with Gasteiger partial charge in [0.15, 0.2) is 0 Å². The number of halogens is 1. The van der Waals surface area contributed by atoms with E-state index in [9.17, 15) is 9.18 Å². The van der Waals surface area contributed by atoms with Crippen LogP contribution >= 0.6 is 0 Å². The zero-order chi connectivity index (χ0) is 18.4. The molecule has 1 heterocycles. The van der Waals surface area contributed by atoms with Crippen molar-refractivity contribution in [3.63, 3.8) is 0 Å². The van der Waals surface area contributed by atoms with E-state index in [1.54, 1.807) is 25.1 Å². The van der Waals surface area contributed by atoms with Crippen molar-refractivity contribution in [1.82, 2.24) is 15.3 Å². The lowest BCUT2D eigenvalue weighted by Gasteiger charge is -2.17. The number of aromatic nitrogens is 2. The molecule has 26 heavy (non-hydrogen) atoms. The quantitative estimate of drug-likeness (QED) is 0.795. The van der Waals surface area contributed by atoms with Gasteiger partial charge in [-0.25, -0.2) is 14.4 Å². The predicted octanol–water partition coefficient (Wildman–Crippen LogP) is 3.99. The summed E-state index contributed by atoms with van der Waals surface area (Å²) in [5.74, 6) is 0.719. The van der Waals surface area contributed by atoms with E-state index in [0.29, 0.717) is 29.9 Å². The van der Waals surface area contributed by atoms with Crippen LogP contribution in [-0.4, -0.2) is 21.9 Å². The SMILES string of the molecule is Cc1nc(NC2CCCCCC2)cc(C(=O)NCc2ccc(F)cc2)n1. The van der Waals surface area contributed by atoms with E-state index in [4.69, 9.17) is 0 Å². The fourth-order valence-corrected chi connectivity index (χ4v) is 3.27. The van der Waals surface area contributed by atoms with Crippen LogP contribution in [0.1, 0.15) is 60.4 Å². The van der Waals surface area contributed by atoms with Crippen molar-refractivity contribution in [2.75, 3.05) is 5.32 Å². The van der Waals surface area contributed by atoms with Crippen LogP contribution in [0.4, 0.5) is 10.2 Å². The van der Waals surface area contributed by atoms with Gasteiger partial charge in [-0.15, -0.1) is 0 Å². The van der Waals surface area contributed by atoms with E-state index < -0.39 is 0 Å². The smallest absolute Gasteiger partial charge is 0.270 e. The molecule has 1 fully saturated rings. The number of carbonyl (C=O) groups is 1. The minimum absolute atomic E-state index is 0.260. The maximum atomic E-state index is 12.9. The summed E-state index contributed by atoms with van der Waals surface area (Å²) in [4.78, 5) is 21.1. The molecule has 5 nitrogen and oxygen atoms in total. The fraction of sp³-hybridized carbons (Fsp3) is 0.450. The Morgan fingerprint density at radius 1 is 1.12 bits per heavy atom. The van der Waals surface area contributed by atoms with Crippen molar-refractivity contribution in [3.8, 4) is 0 Å². The third-order valence-corrected chi connectivity index (χ3v) is 4.64. The van der Waals surface area contributed by atoms with Gasteiger partial charge >= 0.3 is 0 Å². The van der Waals surface area contributed by atoms with Crippen LogP contribution in [-0.2, 0) is 6.54 Å². The lowest BCUT2D eigenvalue weighted by atomic mass is 10.1. The van der Waals surface area contributed by atoms with Crippen molar-refractivity contribution >= 4 is 11.7 Å². The minimum atomic E-state index is -0.291. The maximum Gasteiger partial charge on any atom is 0.270 e. The molecule has 0 saturated heterocycles. The van der Waals surface area contributed by atoms with Gasteiger partial charge in [-0.05, 0) is 37.5 Å². The Bertz CT molecular complexity index is 740. The summed E-state index contributed by atoms with van der Waals surface area (Å²) < 4.78 is 12.9. The Kier molecular flexibility index (Phi) is 6.15. The summed E-state index contributed by atoms with van der Waals surface area (Å²) in [6.45, 7) is 2.11. The number of amides is 1. The number of anilines is 1. The van der Waals surface area contributed by atoms with E-state index in [1.807, 2.05) is 0 Å². The summed E-state index contributed by atoms with van der Waals surface area (Å²) in [7, 11) is 0. The van der Waals surface area contributed by atoms with Gasteiger partial charge in [0.25, 0.3) is 5.91 Å². The van der Waals surface area contributed by atoms with Crippen LogP contribution in [0.5, 0.6) is 0 Å². The molecule has 2 aromatic rings. The molecule has 1 aromatic carbocycles. The number of carbonyl (C=O) groups excluding carboxylic acids is 1. The largest absolute Gasteiger partial charge is 0.367 e. The predicted molar refractivity (Wildman–Crippen MR) is 99.5 cm³/mol. The number of benzene rings is 1. The van der Waals surface area contributed by atoms with Crippen LogP contribution in [0.2, 0.25) is 0 Å². The first kappa shape index (κ1) is 18.3. The second-order valence-electron chi connectivity index (χ2n) is 6.83. The van der Waals surface area contributed by atoms with Crippen molar-refractivity contribution in [2.45, 2.75) is 58.0 Å². The molecule has 0 spiro atoms. The van der Waals surface area contributed by atoms with Crippen molar-refractivity contribution in [1.29, 1.82) is 0 Å². The fourth-order valence-electron chi connectivity index (χ4n) is 3.27. The monoisotopic (exact) mass is 356 g/mol. The van der Waals surface area contributed by atoms with Gasteiger partial charge in [-0.3, -0.25) is 4.79 Å². The van der Waals surface area contributed by atoms with Gasteiger partial charge in [0.2, 0.25) is 0 Å². The maximum absolute atomic E-state index is 12.9. The highest BCUT2D eigenvalue weighted by Gasteiger charge is 2.15. The van der Waals surface area contributed by atoms with Gasteiger partial charge in [0.05, 0.1) is 0 Å². The number of rotatable bonds is 5. The second-order valence-corrected chi connectivity index (χ2v) is 6.83. The first-order valence-electron chi connectivity index (χ1n) is 9.25. The van der Waals surface area contributed by atoms with Gasteiger partial charge in [-0.2, -0.15) is 0 Å². The zero-order valence-electron chi connectivity index (χ0n) is 15.1. The topological polar surface area (TPSA) is 66.9 Å². The summed E-state index contributed by atoms with van der Waals surface area (Å²) in [5.41, 5.74) is 1.18. The molecule has 1 aliphatic rings. The molecule has 0 atom stereocenters. The zero-order valence-corrected chi connectivity index (χ0v) is 15.1. The first-order valence-corrected chi connectivity index (χ1v) is 9.25. The van der Waals surface area contributed by atoms with E-state index in [1.165, 1.54) is 37.8 Å². The standard InChI is InChI=1S/C20H25FN4O/c1-14-23-18(20(26)22-13-15-8-10-16(21)11-9-15)12-19(24-14)25-17-6-4-2-3-5-7-17/h8-12,17H,2-7,13H2,1H3,(H,22,26)(H,23,24,25). The molecule has 1 aliphatic carbocycles. The molecule has 0 unspecified atom stereocenters. The normalized spacial score (nSPS) is 15.3. The molecule has 1 saturated carbocycles. The number of aryl methyl sites for hydroxylation is 1. The van der Waals surface area contributed by atoms with E-state index in [0.717, 1.165) is 18.4 Å². The Balaban J connectivity index is 1.63. The second kappa shape index (κ2) is 8.74. The van der Waals surface area contributed by atoms with Crippen LogP contribution < -0.4 is 10.6 Å². The average molecular weight is 356 g/mol. The van der Waals surface area contributed by atoms with Crippen LogP contribution in [0.3, 0.4) is 0 Å². The Labute approximate surface area is 153 Å². The van der Waals surface area contributed by atoms with E-state index in [-0.39, 0.29) is 11.7 Å². The number of hydrogen-bond acceptors (Lipinski definition) is 4. The lowest BCUT2D eigenvalue weighted by molar-refractivity contribution is 0.0945. The van der Waals surface area contributed by atoms with Crippen LogP contribution in [0.15, 0.2) is 30.3 Å². The summed E-state index contributed by atoms with van der Waals surface area (Å²) in [6.07, 6.45) is 7.31. The minimum Gasteiger partial charge on any atom is -0.367 e. The lowest BCUT2D eigenvalue weighted by Crippen LogP contribution is -2.25. The molecule has 0 bridgehead atoms. The third kappa shape index (κ3) is 5.25. The Morgan fingerprint density at radius 3 is 2.50 bits per heavy atom. The number of nitrogens with one attached hydrogen (secondary N) is 2. The van der Waals surface area contributed by atoms with Crippen molar-refractivity contribution in [2.24, 2.45) is 0 Å². The van der Waals surface area contributed by atoms with Gasteiger partial charge in [0.1, 0.15) is 23.2 Å². The summed E-state index contributed by atoms with van der Waals surface area (Å²) in [5, 5.41) is 6.29. The van der Waals surface area contributed by atoms with Crippen LogP contribution in [0, 0.1) is 12.7 Å². The third-order valence-electron chi connectivity index (χ3n) is 4.64. The summed E-state index contributed by atoms with van der Waals surface area (Å²) >= 11 is 0. The first-order chi connectivity index (χ1) is 12.6. The molecular formula is C20H25FN4O. The number of hydrogen-bond donors (Lipinski definition) is 2. The molecule has 138 valence electrons. The van der Waals surface area contributed by atoms with Gasteiger partial charge in [-0.1, -0.05) is 37.8 Å². The highest BCUT2D eigenvalue weighted by molar-refractivity contribution is 5.92. The molecular weight excluding hydrogens is 331 g/mol. The van der Waals surface area contributed by atoms with Gasteiger partial charge < -0.3 is 10.6 Å². The number of nitrogens with zero attached hydrogens (tertiary/aromatic N) is 2. The van der Waals surface area contributed by atoms with Crippen molar-refractivity contribution < 1.29 is 9.18 Å². The van der Waals surface area contributed by atoms with E-state index in [2.05, 4.69) is 20.6 Å². The molecule has 2 N–H and O–H groups in total. The van der Waals surface area contributed by atoms with E-state index >= 15 is 0 Å². The Hall–Kier alpha value is -2.50. The average Bonchev–Trinajstić information content (AvgIpc) is 2.89. The summed E-state index contributed by atoms with van der Waals surface area (Å²) in [6, 6.07) is 8.18. The Morgan fingerprint density at radius 2 is 1.81 bits per heavy atom. The molecule has 3 rings (SSSR count). The molecule has 0 radical (unpaired) electrons. The van der Waals surface area contributed by atoms with Gasteiger partial charge in [0, 0.05) is 18.7 Å². The highest BCUT2D eigenvalue weighted by Crippen LogP contribution is 2.20. The van der Waals surface area contributed by atoms with Crippen molar-refractivity contribution in [3.05, 3.63) is 53.2 Å². The molecule has 1 aromatic heterocycles. The van der Waals surface area contributed by atoms with Crippen LogP contribution in [0.25, 0.3) is 0 Å². The molecule has 1 amide bonds.